The van der Waals surface area contributed by atoms with Crippen molar-refractivity contribution in [2.24, 2.45) is 0 Å². The second kappa shape index (κ2) is 7.50. The Morgan fingerprint density at radius 1 is 1.11 bits per heavy atom. The second-order valence-corrected chi connectivity index (χ2v) is 3.81. The Morgan fingerprint density at radius 2 is 1.63 bits per heavy atom. The van der Waals surface area contributed by atoms with Gasteiger partial charge in [-0.25, -0.2) is 9.59 Å². The van der Waals surface area contributed by atoms with Crippen molar-refractivity contribution in [3.05, 3.63) is 35.4 Å². The number of carbonyl (C=O) groups is 2. The van der Waals surface area contributed by atoms with Crippen LogP contribution in [0, 0.1) is 0 Å². The minimum atomic E-state index is -0.478. The standard InChI is InChI=1S/C11H10O4.C2H6O2/c1-7-6-14-10(12)8-4-2-3-5-9(8)11(13)15-7;3-1-2-4/h2-5,7H,6H2,1H3;3-4H,1-2H2. The van der Waals surface area contributed by atoms with E-state index in [4.69, 9.17) is 19.7 Å². The van der Waals surface area contributed by atoms with Gasteiger partial charge in [-0.2, -0.15) is 0 Å². The molecule has 6 heteroatoms. The first-order valence-corrected chi connectivity index (χ1v) is 5.79. The van der Waals surface area contributed by atoms with Crippen LogP contribution in [0.1, 0.15) is 27.6 Å². The van der Waals surface area contributed by atoms with Crippen LogP contribution in [0.2, 0.25) is 0 Å². The van der Waals surface area contributed by atoms with Gasteiger partial charge in [-0.05, 0) is 19.1 Å². The predicted molar refractivity (Wildman–Crippen MR) is 65.8 cm³/mol. The molecule has 2 N–H and O–H groups in total. The molecule has 0 aliphatic carbocycles. The molecule has 1 unspecified atom stereocenters. The Hall–Kier alpha value is -1.92. The lowest BCUT2D eigenvalue weighted by molar-refractivity contribution is 0.000551. The minimum Gasteiger partial charge on any atom is -0.458 e. The van der Waals surface area contributed by atoms with Gasteiger partial charge >= 0.3 is 11.9 Å². The molecule has 19 heavy (non-hydrogen) atoms. The summed E-state index contributed by atoms with van der Waals surface area (Å²) in [5, 5.41) is 15.2. The quantitative estimate of drug-likeness (QED) is 0.715. The SMILES string of the molecule is CC1COC(=O)c2ccccc2C(=O)O1.OCCO. The number of hydrogen-bond acceptors (Lipinski definition) is 6. The van der Waals surface area contributed by atoms with Crippen LogP contribution in [0.3, 0.4) is 0 Å². The fraction of sp³-hybridized carbons (Fsp3) is 0.385. The Morgan fingerprint density at radius 3 is 2.16 bits per heavy atom. The molecule has 1 atom stereocenters. The van der Waals surface area contributed by atoms with Crippen molar-refractivity contribution in [2.45, 2.75) is 13.0 Å². The second-order valence-electron chi connectivity index (χ2n) is 3.81. The van der Waals surface area contributed by atoms with Crippen molar-refractivity contribution in [2.75, 3.05) is 19.8 Å². The number of cyclic esters (lactones) is 2. The maximum Gasteiger partial charge on any atom is 0.339 e. The molecule has 0 aromatic heterocycles. The van der Waals surface area contributed by atoms with Gasteiger partial charge in [0.05, 0.1) is 24.3 Å². The molecule has 0 saturated heterocycles. The van der Waals surface area contributed by atoms with Gasteiger partial charge in [-0.15, -0.1) is 0 Å². The largest absolute Gasteiger partial charge is 0.458 e. The summed E-state index contributed by atoms with van der Waals surface area (Å²) in [5.74, 6) is -0.955. The van der Waals surface area contributed by atoms with Gasteiger partial charge in [0.1, 0.15) is 12.7 Å². The van der Waals surface area contributed by atoms with Crippen molar-refractivity contribution < 1.29 is 29.3 Å². The van der Waals surface area contributed by atoms with Crippen LogP contribution in [0.4, 0.5) is 0 Å². The Balaban J connectivity index is 0.000000399. The van der Waals surface area contributed by atoms with E-state index < -0.39 is 18.0 Å². The number of esters is 2. The van der Waals surface area contributed by atoms with E-state index in [9.17, 15) is 9.59 Å². The summed E-state index contributed by atoms with van der Waals surface area (Å²) in [5.41, 5.74) is 0.517. The Kier molecular flexibility index (Phi) is 5.98. The lowest BCUT2D eigenvalue weighted by Gasteiger charge is -2.18. The maximum absolute atomic E-state index is 11.6. The molecule has 1 aromatic carbocycles. The summed E-state index contributed by atoms with van der Waals surface area (Å²) in [7, 11) is 0. The molecule has 0 fully saturated rings. The third-order valence-electron chi connectivity index (χ3n) is 2.22. The number of rotatable bonds is 1. The van der Waals surface area contributed by atoms with Gasteiger partial charge in [-0.3, -0.25) is 0 Å². The smallest absolute Gasteiger partial charge is 0.339 e. The summed E-state index contributed by atoms with van der Waals surface area (Å²) in [4.78, 5) is 23.1. The summed E-state index contributed by atoms with van der Waals surface area (Å²) in [6, 6.07) is 6.46. The fourth-order valence-corrected chi connectivity index (χ4v) is 1.39. The highest BCUT2D eigenvalue weighted by Gasteiger charge is 2.24. The number of benzene rings is 1. The van der Waals surface area contributed by atoms with Crippen molar-refractivity contribution in [1.29, 1.82) is 0 Å². The van der Waals surface area contributed by atoms with Crippen LogP contribution in [0.5, 0.6) is 0 Å². The fourth-order valence-electron chi connectivity index (χ4n) is 1.39. The molecule has 1 aliphatic heterocycles. The zero-order valence-electron chi connectivity index (χ0n) is 10.5. The van der Waals surface area contributed by atoms with E-state index in [0.29, 0.717) is 0 Å². The first kappa shape index (κ1) is 15.1. The average molecular weight is 268 g/mol. The van der Waals surface area contributed by atoms with Crippen LogP contribution in [-0.2, 0) is 9.47 Å². The van der Waals surface area contributed by atoms with Crippen molar-refractivity contribution in [3.8, 4) is 0 Å². The molecule has 0 bridgehead atoms. The van der Waals surface area contributed by atoms with E-state index in [1.165, 1.54) is 0 Å². The Labute approximate surface area is 110 Å². The van der Waals surface area contributed by atoms with E-state index >= 15 is 0 Å². The summed E-state index contributed by atoms with van der Waals surface area (Å²) in [6.45, 7) is 1.53. The zero-order chi connectivity index (χ0) is 14.3. The predicted octanol–water partition coefficient (Wildman–Crippen LogP) is 0.373. The monoisotopic (exact) mass is 268 g/mol. The highest BCUT2D eigenvalue weighted by atomic mass is 16.6. The van der Waals surface area contributed by atoms with Gasteiger partial charge in [0, 0.05) is 0 Å². The molecule has 6 nitrogen and oxygen atoms in total. The van der Waals surface area contributed by atoms with Crippen LogP contribution in [-0.4, -0.2) is 48.1 Å². The van der Waals surface area contributed by atoms with Crippen LogP contribution < -0.4 is 0 Å². The lowest BCUT2D eigenvalue weighted by atomic mass is 10.1. The van der Waals surface area contributed by atoms with Crippen molar-refractivity contribution in [1.82, 2.24) is 0 Å². The van der Waals surface area contributed by atoms with E-state index in [1.54, 1.807) is 31.2 Å². The Bertz CT molecular complexity index is 441. The first-order valence-electron chi connectivity index (χ1n) is 5.79. The third kappa shape index (κ3) is 4.35. The summed E-state index contributed by atoms with van der Waals surface area (Å²) < 4.78 is 10.0. The van der Waals surface area contributed by atoms with E-state index in [-0.39, 0.29) is 30.9 Å². The average Bonchev–Trinajstić information content (AvgIpc) is 2.44. The number of carbonyl (C=O) groups excluding carboxylic acids is 2. The van der Waals surface area contributed by atoms with Gasteiger partial charge in [0.25, 0.3) is 0 Å². The van der Waals surface area contributed by atoms with Gasteiger partial charge in [-0.1, -0.05) is 12.1 Å². The molecule has 0 radical (unpaired) electrons. The highest BCUT2D eigenvalue weighted by molar-refractivity contribution is 6.03. The highest BCUT2D eigenvalue weighted by Crippen LogP contribution is 2.15. The van der Waals surface area contributed by atoms with Crippen LogP contribution in [0.25, 0.3) is 0 Å². The molecule has 0 saturated carbocycles. The van der Waals surface area contributed by atoms with Gasteiger partial charge in [0.2, 0.25) is 0 Å². The summed E-state index contributed by atoms with van der Waals surface area (Å²) >= 11 is 0. The van der Waals surface area contributed by atoms with Gasteiger partial charge < -0.3 is 19.7 Å². The molecule has 0 spiro atoms. The number of ether oxygens (including phenoxy) is 2. The molecular formula is C13H16O6. The summed E-state index contributed by atoms with van der Waals surface area (Å²) in [6.07, 6.45) is -0.408. The van der Waals surface area contributed by atoms with Crippen molar-refractivity contribution >= 4 is 11.9 Å². The van der Waals surface area contributed by atoms with Crippen LogP contribution >= 0.6 is 0 Å². The van der Waals surface area contributed by atoms with E-state index in [0.717, 1.165) is 0 Å². The molecule has 0 amide bonds. The third-order valence-corrected chi connectivity index (χ3v) is 2.22. The molecule has 1 heterocycles. The topological polar surface area (TPSA) is 93.1 Å². The van der Waals surface area contributed by atoms with Crippen molar-refractivity contribution in [3.63, 3.8) is 0 Å². The number of hydrogen-bond donors (Lipinski definition) is 2. The number of aliphatic hydroxyl groups is 2. The number of fused-ring (bicyclic) bond motifs is 1. The van der Waals surface area contributed by atoms with Gasteiger partial charge in [0.15, 0.2) is 0 Å². The molecule has 1 aromatic rings. The molecular weight excluding hydrogens is 252 g/mol. The zero-order valence-corrected chi connectivity index (χ0v) is 10.5. The van der Waals surface area contributed by atoms with E-state index in [2.05, 4.69) is 0 Å². The molecule has 1 aliphatic rings. The number of aliphatic hydroxyl groups excluding tert-OH is 2. The maximum atomic E-state index is 11.6. The minimum absolute atomic E-state index is 0.0961. The lowest BCUT2D eigenvalue weighted by Crippen LogP contribution is -2.27. The normalized spacial score (nSPS) is 17.9. The molecule has 104 valence electrons. The molecule has 2 rings (SSSR count). The first-order chi connectivity index (χ1) is 9.10. The van der Waals surface area contributed by atoms with E-state index in [1.807, 2.05) is 0 Å². The van der Waals surface area contributed by atoms with Crippen LogP contribution in [0.15, 0.2) is 24.3 Å².